The van der Waals surface area contributed by atoms with Gasteiger partial charge in [-0.05, 0) is 23.9 Å². The molecule has 0 amide bonds. The summed E-state index contributed by atoms with van der Waals surface area (Å²) >= 11 is -0.785. The smallest absolute Gasteiger partial charge is 0.446 e. The van der Waals surface area contributed by atoms with Gasteiger partial charge in [-0.2, -0.15) is 27.2 Å². The highest BCUT2D eigenvalue weighted by Crippen LogP contribution is 2.43. The molecule has 0 saturated carbocycles. The highest BCUT2D eigenvalue weighted by Gasteiger charge is 2.35. The Morgan fingerprint density at radius 1 is 1.38 bits per heavy atom. The number of alkyl halides is 5. The van der Waals surface area contributed by atoms with Crippen LogP contribution in [0.2, 0.25) is 0 Å². The molecule has 0 unspecified atom stereocenters. The predicted molar refractivity (Wildman–Crippen MR) is 61.0 cm³/mol. The second kappa shape index (κ2) is 6.62. The average Bonchev–Trinajstić information content (AvgIpc) is 2.36. The summed E-state index contributed by atoms with van der Waals surface area (Å²) in [6.07, 6.45) is 0. The minimum Gasteiger partial charge on any atom is -0.465 e. The van der Waals surface area contributed by atoms with E-state index in [0.29, 0.717) is 0 Å². The number of halogens is 5. The molecule has 0 aliphatic carbocycles. The summed E-state index contributed by atoms with van der Waals surface area (Å²) in [6.45, 7) is -3.36. The number of benzene rings is 1. The van der Waals surface area contributed by atoms with Crippen molar-refractivity contribution < 1.29 is 36.2 Å². The number of hydrogen-bond acceptors (Lipinski definition) is 5. The third-order valence-corrected chi connectivity index (χ3v) is 2.92. The first-order valence-electron chi connectivity index (χ1n) is 5.05. The minimum atomic E-state index is -4.84. The highest BCUT2D eigenvalue weighted by molar-refractivity contribution is 8.00. The Bertz CT molecular complexity index is 582. The maximum absolute atomic E-state index is 12.5. The second-order valence-corrected chi connectivity index (χ2v) is 4.42. The molecule has 0 fully saturated rings. The Kier molecular flexibility index (Phi) is 5.37. The quantitative estimate of drug-likeness (QED) is 0.481. The predicted octanol–water partition coefficient (Wildman–Crippen LogP) is 3.56. The zero-order chi connectivity index (χ0) is 16.2. The molecule has 0 aromatic heterocycles. The molecule has 0 bridgehead atoms. The van der Waals surface area contributed by atoms with E-state index in [9.17, 15) is 26.7 Å². The third kappa shape index (κ3) is 4.49. The fourth-order valence-corrected chi connectivity index (χ4v) is 2.11. The van der Waals surface area contributed by atoms with Gasteiger partial charge in [-0.25, -0.2) is 4.79 Å². The number of nitrogens with zero attached hydrogens (tertiary/aromatic N) is 1. The Labute approximate surface area is 119 Å². The van der Waals surface area contributed by atoms with Crippen LogP contribution < -0.4 is 4.74 Å². The van der Waals surface area contributed by atoms with E-state index in [1.54, 1.807) is 0 Å². The van der Waals surface area contributed by atoms with Crippen molar-refractivity contribution in [1.82, 2.24) is 0 Å². The molecule has 0 spiro atoms. The summed E-state index contributed by atoms with van der Waals surface area (Å²) in [5.74, 6) is -2.13. The van der Waals surface area contributed by atoms with E-state index in [1.807, 2.05) is 0 Å². The first-order valence-corrected chi connectivity index (χ1v) is 5.87. The molecule has 10 heteroatoms. The Hall–Kier alpha value is -2.02. The van der Waals surface area contributed by atoms with Crippen molar-refractivity contribution in [3.8, 4) is 11.8 Å². The van der Waals surface area contributed by atoms with E-state index < -0.39 is 51.6 Å². The van der Waals surface area contributed by atoms with E-state index in [1.165, 1.54) is 6.07 Å². The first kappa shape index (κ1) is 17.0. The average molecular weight is 327 g/mol. The summed E-state index contributed by atoms with van der Waals surface area (Å²) in [5, 5.41) is 8.80. The number of thioether (sulfide) groups is 1. The van der Waals surface area contributed by atoms with Gasteiger partial charge in [0.05, 0.1) is 17.6 Å². The standard InChI is InChI=1S/C11H6F5NO3S/c1-19-9(18)7-6(20-10(12)13)3-2-5(4-17)8(7)21-11(14,15)16/h2-3,10H,1H3. The summed E-state index contributed by atoms with van der Waals surface area (Å²) < 4.78 is 70.3. The zero-order valence-electron chi connectivity index (χ0n) is 10.2. The molecule has 0 radical (unpaired) electrons. The monoisotopic (exact) mass is 327 g/mol. The third-order valence-electron chi connectivity index (χ3n) is 2.06. The lowest BCUT2D eigenvalue weighted by atomic mass is 10.1. The molecule has 0 N–H and O–H groups in total. The number of hydrogen-bond donors (Lipinski definition) is 0. The van der Waals surface area contributed by atoms with E-state index in [4.69, 9.17) is 5.26 Å². The molecule has 0 atom stereocenters. The topological polar surface area (TPSA) is 59.3 Å². The zero-order valence-corrected chi connectivity index (χ0v) is 11.0. The minimum absolute atomic E-state index is 0.514. The van der Waals surface area contributed by atoms with Gasteiger partial charge in [-0.3, -0.25) is 0 Å². The van der Waals surface area contributed by atoms with Gasteiger partial charge in [0.1, 0.15) is 17.4 Å². The fraction of sp³-hybridized carbons (Fsp3) is 0.273. The molecule has 1 aromatic rings. The molecule has 1 rings (SSSR count). The van der Waals surface area contributed by atoms with Crippen molar-refractivity contribution in [3.05, 3.63) is 23.3 Å². The van der Waals surface area contributed by atoms with Crippen LogP contribution in [0.5, 0.6) is 5.75 Å². The van der Waals surface area contributed by atoms with Crippen molar-refractivity contribution >= 4 is 17.7 Å². The number of nitriles is 1. The van der Waals surface area contributed by atoms with E-state index in [2.05, 4.69) is 9.47 Å². The number of esters is 1. The summed E-state index contributed by atoms with van der Waals surface area (Å²) in [7, 11) is 0.857. The first-order chi connectivity index (χ1) is 9.69. The van der Waals surface area contributed by atoms with Gasteiger partial charge >= 0.3 is 18.1 Å². The SMILES string of the molecule is COC(=O)c1c(OC(F)F)ccc(C#N)c1SC(F)(F)F. The van der Waals surface area contributed by atoms with Gasteiger partial charge in [0.15, 0.2) is 0 Å². The molecular weight excluding hydrogens is 321 g/mol. The Balaban J connectivity index is 3.54. The summed E-state index contributed by atoms with van der Waals surface area (Å²) in [5.41, 5.74) is -6.23. The molecule has 0 aliphatic rings. The Morgan fingerprint density at radius 2 is 2.00 bits per heavy atom. The van der Waals surface area contributed by atoms with Crippen LogP contribution in [0.25, 0.3) is 0 Å². The Morgan fingerprint density at radius 3 is 2.43 bits per heavy atom. The maximum atomic E-state index is 12.5. The second-order valence-electron chi connectivity index (χ2n) is 3.35. The molecule has 0 heterocycles. The van der Waals surface area contributed by atoms with E-state index >= 15 is 0 Å². The van der Waals surface area contributed by atoms with Crippen molar-refractivity contribution in [2.24, 2.45) is 0 Å². The van der Waals surface area contributed by atoms with Crippen LogP contribution in [0.3, 0.4) is 0 Å². The van der Waals surface area contributed by atoms with Gasteiger partial charge in [0.2, 0.25) is 0 Å². The molecule has 4 nitrogen and oxygen atoms in total. The number of carbonyl (C=O) groups excluding carboxylic acids is 1. The lowest BCUT2D eigenvalue weighted by Gasteiger charge is -2.15. The molecule has 1 aromatic carbocycles. The normalized spacial score (nSPS) is 11.1. The van der Waals surface area contributed by atoms with Crippen LogP contribution >= 0.6 is 11.8 Å². The van der Waals surface area contributed by atoms with Crippen molar-refractivity contribution in [2.45, 2.75) is 17.0 Å². The summed E-state index contributed by atoms with van der Waals surface area (Å²) in [4.78, 5) is 10.7. The van der Waals surface area contributed by atoms with Crippen LogP contribution in [0.1, 0.15) is 15.9 Å². The maximum Gasteiger partial charge on any atom is 0.446 e. The van der Waals surface area contributed by atoms with E-state index in [0.717, 1.165) is 19.2 Å². The van der Waals surface area contributed by atoms with Crippen molar-refractivity contribution in [2.75, 3.05) is 7.11 Å². The van der Waals surface area contributed by atoms with Crippen molar-refractivity contribution in [3.63, 3.8) is 0 Å². The van der Waals surface area contributed by atoms with Gasteiger partial charge in [0.25, 0.3) is 0 Å². The van der Waals surface area contributed by atoms with Gasteiger partial charge in [0, 0.05) is 0 Å². The molecule has 0 saturated heterocycles. The largest absolute Gasteiger partial charge is 0.465 e. The van der Waals surface area contributed by atoms with E-state index in [-0.39, 0.29) is 0 Å². The van der Waals surface area contributed by atoms with Crippen LogP contribution in [0.15, 0.2) is 17.0 Å². The summed E-state index contributed by atoms with van der Waals surface area (Å²) in [6, 6.07) is 3.09. The number of methoxy groups -OCH3 is 1. The van der Waals surface area contributed by atoms with Gasteiger partial charge in [-0.1, -0.05) is 0 Å². The number of rotatable bonds is 4. The lowest BCUT2D eigenvalue weighted by molar-refractivity contribution is -0.0505. The number of ether oxygens (including phenoxy) is 2. The molecule has 0 aliphatic heterocycles. The van der Waals surface area contributed by atoms with Crippen LogP contribution in [0, 0.1) is 11.3 Å². The molecule has 114 valence electrons. The molecular formula is C11H6F5NO3S. The fourth-order valence-electron chi connectivity index (χ4n) is 1.36. The van der Waals surface area contributed by atoms with Crippen molar-refractivity contribution in [1.29, 1.82) is 5.26 Å². The lowest BCUT2D eigenvalue weighted by Crippen LogP contribution is -2.13. The highest BCUT2D eigenvalue weighted by atomic mass is 32.2. The van der Waals surface area contributed by atoms with Crippen LogP contribution in [-0.2, 0) is 4.74 Å². The van der Waals surface area contributed by atoms with Crippen LogP contribution in [-0.4, -0.2) is 25.2 Å². The van der Waals surface area contributed by atoms with Crippen LogP contribution in [0.4, 0.5) is 22.0 Å². The van der Waals surface area contributed by atoms with Gasteiger partial charge in [-0.15, -0.1) is 0 Å². The molecule has 21 heavy (non-hydrogen) atoms. The van der Waals surface area contributed by atoms with Gasteiger partial charge < -0.3 is 9.47 Å². The number of carbonyl (C=O) groups is 1.